The second kappa shape index (κ2) is 12.0. The maximum Gasteiger partial charge on any atom is 0.416 e. The van der Waals surface area contributed by atoms with Crippen LogP contribution in [0.2, 0.25) is 0 Å². The first-order chi connectivity index (χ1) is 21.5. The molecule has 2 aromatic heterocycles. The summed E-state index contributed by atoms with van der Waals surface area (Å²) in [6, 6.07) is 26.5. The fourth-order valence-corrected chi connectivity index (χ4v) is 6.86. The van der Waals surface area contributed by atoms with Crippen molar-refractivity contribution in [3.05, 3.63) is 142 Å². The van der Waals surface area contributed by atoms with E-state index in [9.17, 15) is 23.3 Å². The monoisotopic (exact) mass is 645 g/mol. The van der Waals surface area contributed by atoms with E-state index in [1.165, 1.54) is 30.0 Å². The minimum atomic E-state index is -4.46. The van der Waals surface area contributed by atoms with Crippen LogP contribution < -0.4 is 10.2 Å². The number of pyridine rings is 1. The summed E-state index contributed by atoms with van der Waals surface area (Å²) in [5.74, 6) is 0. The van der Waals surface area contributed by atoms with E-state index in [2.05, 4.69) is 10.3 Å². The maximum atomic E-state index is 13.6. The van der Waals surface area contributed by atoms with E-state index in [-0.39, 0.29) is 17.8 Å². The van der Waals surface area contributed by atoms with Gasteiger partial charge in [0.1, 0.15) is 0 Å². The summed E-state index contributed by atoms with van der Waals surface area (Å²) < 4.78 is 42.6. The summed E-state index contributed by atoms with van der Waals surface area (Å²) in [7, 11) is 0. The number of nitro benzene ring substituents is 1. The molecule has 6 rings (SSSR count). The van der Waals surface area contributed by atoms with Crippen LogP contribution in [0.15, 0.2) is 113 Å². The third-order valence-corrected chi connectivity index (χ3v) is 9.05. The van der Waals surface area contributed by atoms with Gasteiger partial charge in [-0.05, 0) is 104 Å². The molecule has 3 heterocycles. The normalized spacial score (nSPS) is 16.6. The van der Waals surface area contributed by atoms with E-state index in [0.717, 1.165) is 50.3 Å². The topological polar surface area (TPSA) is 76.2 Å². The Bertz CT molecular complexity index is 1880. The fraction of sp³-hybridized carbons (Fsp3) is 0.152. The number of aryl methyl sites for hydroxylation is 1. The SMILES string of the molecule is Cc1cc([C@@H]2[C@@H](c3ccccn3)NC(=S)N2c2ccc(Sc3ccc([N+](=O)[O-])cc3)cc2)c(C)n1-c1cccc(C(F)(F)F)c1. The third-order valence-electron chi connectivity index (χ3n) is 7.72. The number of non-ortho nitro benzene ring substituents is 1. The number of hydrogen-bond donors (Lipinski definition) is 1. The highest BCUT2D eigenvalue weighted by atomic mass is 32.2. The third kappa shape index (κ3) is 6.03. The van der Waals surface area contributed by atoms with E-state index in [0.29, 0.717) is 10.8 Å². The molecule has 0 spiro atoms. The van der Waals surface area contributed by atoms with Crippen LogP contribution in [0, 0.1) is 24.0 Å². The van der Waals surface area contributed by atoms with Crippen molar-refractivity contribution < 1.29 is 18.1 Å². The molecule has 7 nitrogen and oxygen atoms in total. The first-order valence-corrected chi connectivity index (χ1v) is 15.1. The molecule has 0 radical (unpaired) electrons. The predicted octanol–water partition coefficient (Wildman–Crippen LogP) is 8.74. The van der Waals surface area contributed by atoms with E-state index in [1.807, 2.05) is 71.8 Å². The molecule has 1 aliphatic rings. The van der Waals surface area contributed by atoms with Gasteiger partial charge in [-0.15, -0.1) is 0 Å². The first-order valence-electron chi connectivity index (χ1n) is 13.9. The highest BCUT2D eigenvalue weighted by Crippen LogP contribution is 2.44. The Balaban J connectivity index is 1.38. The standard InChI is InChI=1S/C33H26F3N5O2S2/c1-20-18-28(21(2)39(20)25-7-5-6-22(19-25)33(34,35)36)31-30(29-8-3-4-17-37-29)38-32(44)40(31)23-9-13-26(14-10-23)45-27-15-11-24(12-16-27)41(42)43/h3-19,30-31H,1-2H3,(H,38,44)/t30-,31-/m1/s1. The highest BCUT2D eigenvalue weighted by Gasteiger charge is 2.42. The lowest BCUT2D eigenvalue weighted by Crippen LogP contribution is -2.29. The Labute approximate surface area is 266 Å². The summed E-state index contributed by atoms with van der Waals surface area (Å²) in [6.07, 6.45) is -2.74. The molecule has 0 unspecified atom stereocenters. The summed E-state index contributed by atoms with van der Waals surface area (Å²) in [5.41, 5.74) is 3.83. The number of alkyl halides is 3. The number of anilines is 1. The largest absolute Gasteiger partial charge is 0.416 e. The van der Waals surface area contributed by atoms with Gasteiger partial charge in [0.2, 0.25) is 0 Å². The Kier molecular flexibility index (Phi) is 8.10. The fourth-order valence-electron chi connectivity index (χ4n) is 5.70. The Hall–Kier alpha value is -4.68. The van der Waals surface area contributed by atoms with Crippen LogP contribution in [0.3, 0.4) is 0 Å². The molecule has 1 saturated heterocycles. The van der Waals surface area contributed by atoms with Crippen LogP contribution in [0.1, 0.15) is 40.3 Å². The van der Waals surface area contributed by atoms with Crippen molar-refractivity contribution in [1.29, 1.82) is 0 Å². The van der Waals surface area contributed by atoms with Crippen LogP contribution in [-0.2, 0) is 6.18 Å². The lowest BCUT2D eigenvalue weighted by Gasteiger charge is -2.28. The molecule has 5 aromatic rings. The van der Waals surface area contributed by atoms with Gasteiger partial charge in [0.05, 0.1) is 28.3 Å². The van der Waals surface area contributed by atoms with Crippen LogP contribution in [-0.4, -0.2) is 19.6 Å². The summed E-state index contributed by atoms with van der Waals surface area (Å²) in [5, 5.41) is 14.9. The highest BCUT2D eigenvalue weighted by molar-refractivity contribution is 7.99. The van der Waals surface area contributed by atoms with Crippen molar-refractivity contribution in [1.82, 2.24) is 14.9 Å². The van der Waals surface area contributed by atoms with Gasteiger partial charge in [0, 0.05) is 50.9 Å². The van der Waals surface area contributed by atoms with Gasteiger partial charge in [-0.2, -0.15) is 13.2 Å². The minimum Gasteiger partial charge on any atom is -0.351 e. The lowest BCUT2D eigenvalue weighted by atomic mass is 9.96. The molecule has 1 fully saturated rings. The van der Waals surface area contributed by atoms with E-state index in [4.69, 9.17) is 12.2 Å². The van der Waals surface area contributed by atoms with Gasteiger partial charge < -0.3 is 14.8 Å². The molecule has 3 aromatic carbocycles. The van der Waals surface area contributed by atoms with Crippen molar-refractivity contribution in [3.63, 3.8) is 0 Å². The van der Waals surface area contributed by atoms with Crippen molar-refractivity contribution in [2.45, 2.75) is 41.9 Å². The van der Waals surface area contributed by atoms with E-state index < -0.39 is 16.7 Å². The van der Waals surface area contributed by atoms with Crippen LogP contribution in [0.25, 0.3) is 5.69 Å². The molecule has 1 aliphatic heterocycles. The van der Waals surface area contributed by atoms with Gasteiger partial charge in [0.25, 0.3) is 5.69 Å². The molecule has 45 heavy (non-hydrogen) atoms. The molecule has 0 amide bonds. The number of nitro groups is 1. The minimum absolute atomic E-state index is 0.0330. The molecule has 12 heteroatoms. The number of rotatable bonds is 7. The summed E-state index contributed by atoms with van der Waals surface area (Å²) in [4.78, 5) is 19.0. The van der Waals surface area contributed by atoms with Gasteiger partial charge >= 0.3 is 6.18 Å². The predicted molar refractivity (Wildman–Crippen MR) is 172 cm³/mol. The van der Waals surface area contributed by atoms with Crippen molar-refractivity contribution in [2.75, 3.05) is 4.90 Å². The van der Waals surface area contributed by atoms with E-state index >= 15 is 0 Å². The second-order valence-corrected chi connectivity index (χ2v) is 12.1. The van der Waals surface area contributed by atoms with Gasteiger partial charge in [0.15, 0.2) is 5.11 Å². The van der Waals surface area contributed by atoms with Crippen LogP contribution in [0.5, 0.6) is 0 Å². The lowest BCUT2D eigenvalue weighted by molar-refractivity contribution is -0.384. The quantitative estimate of drug-likeness (QED) is 0.108. The number of halogens is 3. The summed E-state index contributed by atoms with van der Waals surface area (Å²) in [6.45, 7) is 3.78. The average Bonchev–Trinajstić information content (AvgIpc) is 3.52. The van der Waals surface area contributed by atoms with Crippen molar-refractivity contribution in [2.24, 2.45) is 0 Å². The second-order valence-electron chi connectivity index (χ2n) is 10.6. The van der Waals surface area contributed by atoms with Gasteiger partial charge in [-0.3, -0.25) is 15.1 Å². The van der Waals surface area contributed by atoms with Crippen LogP contribution in [0.4, 0.5) is 24.5 Å². The zero-order chi connectivity index (χ0) is 31.9. The molecule has 0 saturated carbocycles. The average molecular weight is 646 g/mol. The zero-order valence-electron chi connectivity index (χ0n) is 24.0. The molecule has 0 aliphatic carbocycles. The zero-order valence-corrected chi connectivity index (χ0v) is 25.7. The number of nitrogens with zero attached hydrogens (tertiary/aromatic N) is 4. The Morgan fingerprint density at radius 3 is 2.22 bits per heavy atom. The summed E-state index contributed by atoms with van der Waals surface area (Å²) >= 11 is 7.36. The Morgan fingerprint density at radius 2 is 1.60 bits per heavy atom. The maximum absolute atomic E-state index is 13.6. The molecule has 228 valence electrons. The number of hydrogen-bond acceptors (Lipinski definition) is 5. The van der Waals surface area contributed by atoms with E-state index in [1.54, 1.807) is 24.4 Å². The number of nitrogens with one attached hydrogen (secondary N) is 1. The van der Waals surface area contributed by atoms with Crippen LogP contribution >= 0.6 is 24.0 Å². The first kappa shape index (κ1) is 30.4. The Morgan fingerprint density at radius 1 is 0.911 bits per heavy atom. The smallest absolute Gasteiger partial charge is 0.351 e. The van der Waals surface area contributed by atoms with Gasteiger partial charge in [-0.25, -0.2) is 0 Å². The molecular weight excluding hydrogens is 620 g/mol. The number of benzene rings is 3. The number of thiocarbonyl (C=S) groups is 1. The number of aromatic nitrogens is 2. The van der Waals surface area contributed by atoms with Crippen molar-refractivity contribution >= 4 is 40.5 Å². The molecule has 0 bridgehead atoms. The molecule has 1 N–H and O–H groups in total. The van der Waals surface area contributed by atoms with Gasteiger partial charge in [-0.1, -0.05) is 23.9 Å². The van der Waals surface area contributed by atoms with Crippen molar-refractivity contribution in [3.8, 4) is 5.69 Å². The molecule has 2 atom stereocenters. The molecular formula is C33H26F3N5O2S2.